The van der Waals surface area contributed by atoms with E-state index in [-0.39, 0.29) is 12.2 Å². The summed E-state index contributed by atoms with van der Waals surface area (Å²) in [7, 11) is 1.59. The number of anilines is 1. The van der Waals surface area contributed by atoms with E-state index in [0.717, 1.165) is 24.2 Å². The van der Waals surface area contributed by atoms with E-state index in [1.165, 1.54) is 11.8 Å². The monoisotopic (exact) mass is 429 g/mol. The summed E-state index contributed by atoms with van der Waals surface area (Å²) in [6.45, 7) is 5.93. The van der Waals surface area contributed by atoms with E-state index in [4.69, 9.17) is 9.47 Å². The van der Waals surface area contributed by atoms with Gasteiger partial charge in [-0.2, -0.15) is 0 Å². The van der Waals surface area contributed by atoms with Gasteiger partial charge in [-0.15, -0.1) is 0 Å². The number of carbonyl (C=O) groups is 1. The van der Waals surface area contributed by atoms with Crippen LogP contribution in [0.1, 0.15) is 50.7 Å². The van der Waals surface area contributed by atoms with E-state index < -0.39 is 11.9 Å². The SMILES string of the molecule is CCCCSc1nc2c(c(=O)[nH]1)C(c1ccc(OC)cc1)C(C(=O)OCC)=C(C)N2. The summed E-state index contributed by atoms with van der Waals surface area (Å²) in [4.78, 5) is 33.4. The highest BCUT2D eigenvalue weighted by molar-refractivity contribution is 7.99. The first-order valence-electron chi connectivity index (χ1n) is 10.1. The molecule has 160 valence electrons. The van der Waals surface area contributed by atoms with Crippen molar-refractivity contribution in [3.8, 4) is 5.75 Å². The Morgan fingerprint density at radius 3 is 2.60 bits per heavy atom. The summed E-state index contributed by atoms with van der Waals surface area (Å²) in [6, 6.07) is 7.33. The summed E-state index contributed by atoms with van der Waals surface area (Å²) in [5.74, 6) is 1.01. The normalized spacial score (nSPS) is 15.4. The number of allylic oxidation sites excluding steroid dienone is 1. The fourth-order valence-electron chi connectivity index (χ4n) is 3.42. The lowest BCUT2D eigenvalue weighted by Gasteiger charge is -2.28. The summed E-state index contributed by atoms with van der Waals surface area (Å²) >= 11 is 1.52. The number of unbranched alkanes of at least 4 members (excludes halogenated alkanes) is 1. The lowest BCUT2D eigenvalue weighted by molar-refractivity contribution is -0.138. The van der Waals surface area contributed by atoms with Crippen LogP contribution in [0.5, 0.6) is 5.75 Å². The quantitative estimate of drug-likeness (QED) is 0.283. The molecule has 0 fully saturated rings. The number of ether oxygens (including phenoxy) is 2. The van der Waals surface area contributed by atoms with Crippen LogP contribution in [0.3, 0.4) is 0 Å². The summed E-state index contributed by atoms with van der Waals surface area (Å²) < 4.78 is 10.5. The Labute approximate surface area is 180 Å². The number of nitrogens with zero attached hydrogens (tertiary/aromatic N) is 1. The molecule has 30 heavy (non-hydrogen) atoms. The van der Waals surface area contributed by atoms with E-state index >= 15 is 0 Å². The zero-order chi connectivity index (χ0) is 21.7. The highest BCUT2D eigenvalue weighted by Crippen LogP contribution is 2.40. The average Bonchev–Trinajstić information content (AvgIpc) is 2.73. The van der Waals surface area contributed by atoms with Gasteiger partial charge in [0.2, 0.25) is 0 Å². The number of H-pyrrole nitrogens is 1. The predicted molar refractivity (Wildman–Crippen MR) is 118 cm³/mol. The van der Waals surface area contributed by atoms with Gasteiger partial charge in [-0.05, 0) is 38.0 Å². The number of hydrogen-bond acceptors (Lipinski definition) is 7. The molecule has 1 atom stereocenters. The van der Waals surface area contributed by atoms with Crippen molar-refractivity contribution >= 4 is 23.5 Å². The van der Waals surface area contributed by atoms with Crippen LogP contribution in [0.25, 0.3) is 0 Å². The molecule has 0 amide bonds. The summed E-state index contributed by atoms with van der Waals surface area (Å²) in [6.07, 6.45) is 2.12. The molecule has 0 saturated carbocycles. The van der Waals surface area contributed by atoms with Crippen LogP contribution in [-0.2, 0) is 9.53 Å². The molecule has 0 aliphatic carbocycles. The number of rotatable bonds is 8. The zero-order valence-electron chi connectivity index (χ0n) is 17.7. The smallest absolute Gasteiger partial charge is 0.336 e. The molecule has 8 heteroatoms. The maximum Gasteiger partial charge on any atom is 0.336 e. The van der Waals surface area contributed by atoms with Crippen molar-refractivity contribution in [3.05, 3.63) is 57.0 Å². The first-order chi connectivity index (χ1) is 14.5. The molecule has 3 rings (SSSR count). The molecule has 2 N–H and O–H groups in total. The van der Waals surface area contributed by atoms with Crippen LogP contribution >= 0.6 is 11.8 Å². The van der Waals surface area contributed by atoms with Gasteiger partial charge in [-0.25, -0.2) is 9.78 Å². The van der Waals surface area contributed by atoms with E-state index in [2.05, 4.69) is 22.2 Å². The van der Waals surface area contributed by atoms with E-state index in [1.54, 1.807) is 21.0 Å². The van der Waals surface area contributed by atoms with Crippen LogP contribution in [0.4, 0.5) is 5.82 Å². The number of hydrogen-bond donors (Lipinski definition) is 2. The van der Waals surface area contributed by atoms with E-state index in [0.29, 0.717) is 33.6 Å². The highest BCUT2D eigenvalue weighted by atomic mass is 32.2. The maximum atomic E-state index is 13.1. The number of carbonyl (C=O) groups excluding carboxylic acids is 1. The zero-order valence-corrected chi connectivity index (χ0v) is 18.5. The number of nitrogens with one attached hydrogen (secondary N) is 2. The second kappa shape index (κ2) is 9.84. The third-order valence-corrected chi connectivity index (χ3v) is 5.86. The molecule has 1 aromatic heterocycles. The van der Waals surface area contributed by atoms with Crippen molar-refractivity contribution < 1.29 is 14.3 Å². The number of thioether (sulfide) groups is 1. The minimum Gasteiger partial charge on any atom is -0.497 e. The lowest BCUT2D eigenvalue weighted by Crippen LogP contribution is -2.31. The third-order valence-electron chi connectivity index (χ3n) is 4.90. The topological polar surface area (TPSA) is 93.3 Å². The van der Waals surface area contributed by atoms with Crippen molar-refractivity contribution in [1.82, 2.24) is 9.97 Å². The van der Waals surface area contributed by atoms with Gasteiger partial charge >= 0.3 is 5.97 Å². The second-order valence-corrected chi connectivity index (χ2v) is 8.01. The lowest BCUT2D eigenvalue weighted by atomic mass is 9.82. The number of methoxy groups -OCH3 is 1. The van der Waals surface area contributed by atoms with Crippen molar-refractivity contribution in [3.63, 3.8) is 0 Å². The Morgan fingerprint density at radius 2 is 1.97 bits per heavy atom. The van der Waals surface area contributed by atoms with Crippen LogP contribution < -0.4 is 15.6 Å². The molecule has 2 heterocycles. The Hall–Kier alpha value is -2.74. The van der Waals surface area contributed by atoms with Crippen LogP contribution in [0, 0.1) is 0 Å². The number of aromatic amines is 1. The van der Waals surface area contributed by atoms with Gasteiger partial charge in [-0.1, -0.05) is 37.2 Å². The largest absolute Gasteiger partial charge is 0.497 e. The van der Waals surface area contributed by atoms with E-state index in [1.807, 2.05) is 24.3 Å². The van der Waals surface area contributed by atoms with Crippen molar-refractivity contribution in [2.75, 3.05) is 24.8 Å². The molecule has 2 aromatic rings. The molecule has 1 unspecified atom stereocenters. The highest BCUT2D eigenvalue weighted by Gasteiger charge is 2.36. The molecule has 0 radical (unpaired) electrons. The molecule has 1 aromatic carbocycles. The first-order valence-corrected chi connectivity index (χ1v) is 11.0. The average molecular weight is 430 g/mol. The van der Waals surface area contributed by atoms with Gasteiger partial charge in [0, 0.05) is 11.4 Å². The van der Waals surface area contributed by atoms with Gasteiger partial charge < -0.3 is 19.8 Å². The van der Waals surface area contributed by atoms with Crippen molar-refractivity contribution in [1.29, 1.82) is 0 Å². The van der Waals surface area contributed by atoms with Crippen molar-refractivity contribution in [2.45, 2.75) is 44.7 Å². The second-order valence-electron chi connectivity index (χ2n) is 6.93. The van der Waals surface area contributed by atoms with Gasteiger partial charge in [0.25, 0.3) is 5.56 Å². The molecule has 1 aliphatic heterocycles. The summed E-state index contributed by atoms with van der Waals surface area (Å²) in [5.41, 5.74) is 1.98. The molecule has 1 aliphatic rings. The maximum absolute atomic E-state index is 13.1. The Balaban J connectivity index is 2.12. The van der Waals surface area contributed by atoms with Gasteiger partial charge in [0.1, 0.15) is 11.6 Å². The van der Waals surface area contributed by atoms with Crippen LogP contribution in [0.15, 0.2) is 45.5 Å². The van der Waals surface area contributed by atoms with Gasteiger partial charge in [0.05, 0.1) is 30.8 Å². The molecular weight excluding hydrogens is 402 g/mol. The van der Waals surface area contributed by atoms with Crippen LogP contribution in [0.2, 0.25) is 0 Å². The summed E-state index contributed by atoms with van der Waals surface area (Å²) in [5, 5.41) is 3.72. The number of benzene rings is 1. The van der Waals surface area contributed by atoms with Gasteiger partial charge in [-0.3, -0.25) is 4.79 Å². The number of esters is 1. The van der Waals surface area contributed by atoms with E-state index in [9.17, 15) is 9.59 Å². The third kappa shape index (κ3) is 4.53. The Kier molecular flexibility index (Phi) is 7.20. The first kappa shape index (κ1) is 22.0. The predicted octanol–water partition coefficient (Wildman–Crippen LogP) is 4.07. The minimum atomic E-state index is -0.586. The molecule has 7 nitrogen and oxygen atoms in total. The Bertz CT molecular complexity index is 998. The Morgan fingerprint density at radius 1 is 1.23 bits per heavy atom. The minimum absolute atomic E-state index is 0.249. The number of aromatic nitrogens is 2. The van der Waals surface area contributed by atoms with Crippen molar-refractivity contribution in [2.24, 2.45) is 0 Å². The molecule has 0 saturated heterocycles. The fraction of sp³-hybridized carbons (Fsp3) is 0.409. The molecule has 0 spiro atoms. The van der Waals surface area contributed by atoms with Gasteiger partial charge in [0.15, 0.2) is 5.16 Å². The fourth-order valence-corrected chi connectivity index (χ4v) is 4.37. The molecular formula is C22H27N3O4S. The standard InChI is InChI=1S/C22H27N3O4S/c1-5-7-12-30-22-24-19-18(20(26)25-22)17(14-8-10-15(28-4)11-9-14)16(13(3)23-19)21(27)29-6-2/h8-11,17H,5-7,12H2,1-4H3,(H2,23,24,25,26). The number of fused-ring (bicyclic) bond motifs is 1. The molecule has 0 bridgehead atoms. The van der Waals surface area contributed by atoms with Crippen LogP contribution in [-0.4, -0.2) is 35.4 Å².